The molecule has 2 aromatic rings. The minimum Gasteiger partial charge on any atom is -0.448 e. The Bertz CT molecular complexity index is 839. The maximum Gasteiger partial charge on any atom is 0.255 e. The molecule has 1 aliphatic carbocycles. The van der Waals surface area contributed by atoms with Crippen LogP contribution in [0.15, 0.2) is 42.5 Å². The first-order valence-electron chi connectivity index (χ1n) is 8.28. The molecule has 6 heteroatoms. The van der Waals surface area contributed by atoms with Gasteiger partial charge in [0.05, 0.1) is 0 Å². The highest BCUT2D eigenvalue weighted by molar-refractivity contribution is 6.05. The predicted octanol–water partition coefficient (Wildman–Crippen LogP) is 3.08. The summed E-state index contributed by atoms with van der Waals surface area (Å²) in [5.74, 6) is 0.0544. The molecule has 0 radical (unpaired) electrons. The van der Waals surface area contributed by atoms with Crippen molar-refractivity contribution in [2.24, 2.45) is 5.73 Å². The fraction of sp³-hybridized carbons (Fsp3) is 0.263. The SMILES string of the molecule is NC(=O)c1ccc(C(=O)Nc2ccc3c(c2)OC2(CCCC2)O3)cc1. The Kier molecular flexibility index (Phi) is 3.60. The number of hydrogen-bond acceptors (Lipinski definition) is 4. The van der Waals surface area contributed by atoms with Crippen LogP contribution in [0, 0.1) is 0 Å². The summed E-state index contributed by atoms with van der Waals surface area (Å²) >= 11 is 0. The molecule has 6 nitrogen and oxygen atoms in total. The molecule has 128 valence electrons. The van der Waals surface area contributed by atoms with E-state index in [-0.39, 0.29) is 5.91 Å². The first-order chi connectivity index (χ1) is 12.0. The Balaban J connectivity index is 1.48. The summed E-state index contributed by atoms with van der Waals surface area (Å²) in [6.45, 7) is 0. The first kappa shape index (κ1) is 15.5. The lowest BCUT2D eigenvalue weighted by Crippen LogP contribution is -2.34. The number of primary amides is 1. The van der Waals surface area contributed by atoms with Gasteiger partial charge in [-0.05, 0) is 49.2 Å². The predicted molar refractivity (Wildman–Crippen MR) is 91.8 cm³/mol. The zero-order chi connectivity index (χ0) is 17.4. The zero-order valence-corrected chi connectivity index (χ0v) is 13.6. The van der Waals surface area contributed by atoms with Crippen molar-refractivity contribution in [3.05, 3.63) is 53.6 Å². The minimum atomic E-state index is -0.524. The van der Waals surface area contributed by atoms with Crippen LogP contribution in [0.5, 0.6) is 11.5 Å². The van der Waals surface area contributed by atoms with E-state index in [1.165, 1.54) is 12.1 Å². The van der Waals surface area contributed by atoms with E-state index in [9.17, 15) is 9.59 Å². The third kappa shape index (κ3) is 2.91. The van der Waals surface area contributed by atoms with Crippen LogP contribution in [0.4, 0.5) is 5.69 Å². The van der Waals surface area contributed by atoms with Gasteiger partial charge < -0.3 is 20.5 Å². The number of fused-ring (bicyclic) bond motifs is 1. The molecular formula is C19H18N2O4. The Morgan fingerprint density at radius 2 is 1.56 bits per heavy atom. The average molecular weight is 338 g/mol. The number of nitrogens with two attached hydrogens (primary N) is 1. The van der Waals surface area contributed by atoms with Crippen LogP contribution in [0.1, 0.15) is 46.4 Å². The molecule has 4 rings (SSSR count). The zero-order valence-electron chi connectivity index (χ0n) is 13.6. The smallest absolute Gasteiger partial charge is 0.255 e. The summed E-state index contributed by atoms with van der Waals surface area (Å²) in [4.78, 5) is 23.4. The molecule has 1 aliphatic heterocycles. The van der Waals surface area contributed by atoms with Crippen molar-refractivity contribution in [1.29, 1.82) is 0 Å². The van der Waals surface area contributed by atoms with Crippen LogP contribution in [-0.4, -0.2) is 17.6 Å². The van der Waals surface area contributed by atoms with Gasteiger partial charge in [0.2, 0.25) is 5.91 Å². The van der Waals surface area contributed by atoms with Crippen molar-refractivity contribution in [1.82, 2.24) is 0 Å². The molecule has 0 unspecified atom stereocenters. The van der Waals surface area contributed by atoms with Gasteiger partial charge in [0, 0.05) is 35.7 Å². The van der Waals surface area contributed by atoms with Crippen molar-refractivity contribution in [2.75, 3.05) is 5.32 Å². The van der Waals surface area contributed by atoms with Crippen LogP contribution in [0.2, 0.25) is 0 Å². The Morgan fingerprint density at radius 3 is 2.24 bits per heavy atom. The fourth-order valence-corrected chi connectivity index (χ4v) is 3.28. The normalized spacial score (nSPS) is 16.8. The molecule has 2 aromatic carbocycles. The molecule has 1 fully saturated rings. The second-order valence-corrected chi connectivity index (χ2v) is 6.38. The monoisotopic (exact) mass is 338 g/mol. The van der Waals surface area contributed by atoms with E-state index < -0.39 is 11.7 Å². The van der Waals surface area contributed by atoms with E-state index in [4.69, 9.17) is 15.2 Å². The molecular weight excluding hydrogens is 320 g/mol. The lowest BCUT2D eigenvalue weighted by Gasteiger charge is -2.21. The van der Waals surface area contributed by atoms with E-state index in [1.807, 2.05) is 6.07 Å². The largest absolute Gasteiger partial charge is 0.448 e. The molecule has 0 aromatic heterocycles. The van der Waals surface area contributed by atoms with Crippen molar-refractivity contribution in [3.63, 3.8) is 0 Å². The standard InChI is InChI=1S/C19H18N2O4/c20-17(22)12-3-5-13(6-4-12)18(23)21-14-7-8-15-16(11-14)25-19(24-15)9-1-2-10-19/h3-8,11H,1-2,9-10H2,(H2,20,22)(H,21,23). The second-order valence-electron chi connectivity index (χ2n) is 6.38. The number of anilines is 1. The number of ether oxygens (including phenoxy) is 2. The molecule has 2 amide bonds. The molecule has 25 heavy (non-hydrogen) atoms. The van der Waals surface area contributed by atoms with E-state index in [1.54, 1.807) is 24.3 Å². The van der Waals surface area contributed by atoms with E-state index in [0.29, 0.717) is 28.3 Å². The maximum absolute atomic E-state index is 12.3. The summed E-state index contributed by atoms with van der Waals surface area (Å²) in [6.07, 6.45) is 3.96. The summed E-state index contributed by atoms with van der Waals surface area (Å²) in [5.41, 5.74) is 6.63. The highest BCUT2D eigenvalue weighted by atomic mass is 16.7. The number of amides is 2. The number of rotatable bonds is 3. The van der Waals surface area contributed by atoms with Crippen LogP contribution < -0.4 is 20.5 Å². The summed E-state index contributed by atoms with van der Waals surface area (Å²) in [7, 11) is 0. The third-order valence-electron chi connectivity index (χ3n) is 4.59. The van der Waals surface area contributed by atoms with Crippen molar-refractivity contribution >= 4 is 17.5 Å². The van der Waals surface area contributed by atoms with Crippen LogP contribution in [-0.2, 0) is 0 Å². The number of benzene rings is 2. The van der Waals surface area contributed by atoms with Gasteiger partial charge in [-0.15, -0.1) is 0 Å². The van der Waals surface area contributed by atoms with Gasteiger partial charge in [0.1, 0.15) is 0 Å². The van der Waals surface area contributed by atoms with Gasteiger partial charge in [-0.2, -0.15) is 0 Å². The number of carbonyl (C=O) groups excluding carboxylic acids is 2. The molecule has 0 bridgehead atoms. The van der Waals surface area contributed by atoms with E-state index >= 15 is 0 Å². The molecule has 0 atom stereocenters. The lowest BCUT2D eigenvalue weighted by atomic mass is 10.1. The van der Waals surface area contributed by atoms with E-state index in [0.717, 1.165) is 25.7 Å². The van der Waals surface area contributed by atoms with Crippen LogP contribution in [0.25, 0.3) is 0 Å². The topological polar surface area (TPSA) is 90.7 Å². The quantitative estimate of drug-likeness (QED) is 0.900. The average Bonchev–Trinajstić information content (AvgIpc) is 3.20. The van der Waals surface area contributed by atoms with Crippen molar-refractivity contribution < 1.29 is 19.1 Å². The third-order valence-corrected chi connectivity index (χ3v) is 4.59. The lowest BCUT2D eigenvalue weighted by molar-refractivity contribution is -0.0716. The molecule has 3 N–H and O–H groups in total. The molecule has 1 spiro atoms. The van der Waals surface area contributed by atoms with Gasteiger partial charge in [-0.25, -0.2) is 0 Å². The molecule has 1 heterocycles. The first-order valence-corrected chi connectivity index (χ1v) is 8.28. The summed E-state index contributed by atoms with van der Waals surface area (Å²) in [5, 5.41) is 2.82. The fourth-order valence-electron chi connectivity index (χ4n) is 3.28. The minimum absolute atomic E-state index is 0.273. The highest BCUT2D eigenvalue weighted by Gasteiger charge is 2.44. The van der Waals surface area contributed by atoms with Gasteiger partial charge in [-0.1, -0.05) is 0 Å². The highest BCUT2D eigenvalue weighted by Crippen LogP contribution is 2.47. The number of carbonyl (C=O) groups is 2. The Morgan fingerprint density at radius 1 is 0.920 bits per heavy atom. The van der Waals surface area contributed by atoms with Gasteiger partial charge in [0.25, 0.3) is 11.7 Å². The molecule has 2 aliphatic rings. The van der Waals surface area contributed by atoms with Crippen molar-refractivity contribution in [2.45, 2.75) is 31.5 Å². The maximum atomic E-state index is 12.3. The van der Waals surface area contributed by atoms with Gasteiger partial charge in [0.15, 0.2) is 11.5 Å². The van der Waals surface area contributed by atoms with Gasteiger partial charge in [-0.3, -0.25) is 9.59 Å². The second kappa shape index (κ2) is 5.81. The van der Waals surface area contributed by atoms with Gasteiger partial charge >= 0.3 is 0 Å². The summed E-state index contributed by atoms with van der Waals surface area (Å²) in [6, 6.07) is 11.6. The van der Waals surface area contributed by atoms with Crippen LogP contribution in [0.3, 0.4) is 0 Å². The van der Waals surface area contributed by atoms with Crippen molar-refractivity contribution in [3.8, 4) is 11.5 Å². The van der Waals surface area contributed by atoms with Crippen LogP contribution >= 0.6 is 0 Å². The van der Waals surface area contributed by atoms with E-state index in [2.05, 4.69) is 5.32 Å². The summed E-state index contributed by atoms with van der Waals surface area (Å²) < 4.78 is 12.0. The Hall–Kier alpha value is -3.02. The number of nitrogens with one attached hydrogen (secondary N) is 1. The Labute approximate surface area is 144 Å². The molecule has 1 saturated carbocycles. The number of hydrogen-bond donors (Lipinski definition) is 2. The molecule has 0 saturated heterocycles.